The Bertz CT molecular complexity index is 974. The minimum Gasteiger partial charge on any atom is -0.356 e. The van der Waals surface area contributed by atoms with Crippen LogP contribution in [-0.4, -0.2) is 37.0 Å². The second-order valence-electron chi connectivity index (χ2n) is 7.20. The Kier molecular flexibility index (Phi) is 9.94. The molecule has 31 heavy (non-hydrogen) atoms. The largest absolute Gasteiger partial charge is 0.356 e. The summed E-state index contributed by atoms with van der Waals surface area (Å²) in [5.74, 6) is 2.55. The zero-order valence-electron chi connectivity index (χ0n) is 19.0. The molecule has 2 N–H and O–H groups in total. The Morgan fingerprint density at radius 3 is 2.58 bits per heavy atom. The van der Waals surface area contributed by atoms with E-state index in [1.54, 1.807) is 11.3 Å². The average molecular weight is 557 g/mol. The van der Waals surface area contributed by atoms with Gasteiger partial charge in [0.2, 0.25) is 0 Å². The van der Waals surface area contributed by atoms with Crippen molar-refractivity contribution in [1.82, 2.24) is 35.2 Å². The summed E-state index contributed by atoms with van der Waals surface area (Å²) in [7, 11) is 3.99. The van der Waals surface area contributed by atoms with Crippen LogP contribution in [0.4, 0.5) is 0 Å². The van der Waals surface area contributed by atoms with Crippen LogP contribution in [0.1, 0.15) is 47.3 Å². The van der Waals surface area contributed by atoms with Crippen molar-refractivity contribution >= 4 is 41.3 Å². The number of halogens is 1. The average Bonchev–Trinajstić information content (AvgIpc) is 3.44. The molecule has 0 fully saturated rings. The maximum absolute atomic E-state index is 4.88. The SMILES string of the molecule is CCc1nn(C)c(CC)c1CN=C(NCCc1cccs1)NCc1nnc(C)n1C.I. The summed E-state index contributed by atoms with van der Waals surface area (Å²) in [6, 6.07) is 4.25. The van der Waals surface area contributed by atoms with Gasteiger partial charge in [0.25, 0.3) is 0 Å². The van der Waals surface area contributed by atoms with E-state index in [1.165, 1.54) is 16.1 Å². The molecule has 0 saturated carbocycles. The van der Waals surface area contributed by atoms with Gasteiger partial charge in [-0.15, -0.1) is 45.5 Å². The Morgan fingerprint density at radius 2 is 1.97 bits per heavy atom. The van der Waals surface area contributed by atoms with Gasteiger partial charge >= 0.3 is 0 Å². The van der Waals surface area contributed by atoms with Gasteiger partial charge in [-0.3, -0.25) is 4.68 Å². The molecule has 3 aromatic heterocycles. The summed E-state index contributed by atoms with van der Waals surface area (Å²) >= 11 is 1.78. The molecule has 0 amide bonds. The van der Waals surface area contributed by atoms with Gasteiger partial charge < -0.3 is 15.2 Å². The van der Waals surface area contributed by atoms with Crippen LogP contribution in [0.5, 0.6) is 0 Å². The van der Waals surface area contributed by atoms with E-state index in [0.717, 1.165) is 49.1 Å². The first-order chi connectivity index (χ1) is 14.5. The molecule has 0 atom stereocenters. The summed E-state index contributed by atoms with van der Waals surface area (Å²) in [5, 5.41) is 22.0. The molecule has 10 heteroatoms. The lowest BCUT2D eigenvalue weighted by atomic mass is 10.1. The number of hydrogen-bond acceptors (Lipinski definition) is 5. The zero-order chi connectivity index (χ0) is 21.5. The highest BCUT2D eigenvalue weighted by atomic mass is 127. The molecule has 0 aliphatic heterocycles. The highest BCUT2D eigenvalue weighted by molar-refractivity contribution is 14.0. The monoisotopic (exact) mass is 556 g/mol. The van der Waals surface area contributed by atoms with Gasteiger partial charge in [-0.2, -0.15) is 5.10 Å². The third-order valence-electron chi connectivity index (χ3n) is 5.26. The van der Waals surface area contributed by atoms with E-state index < -0.39 is 0 Å². The Balaban J connectivity index is 0.00000341. The molecule has 0 unspecified atom stereocenters. The lowest BCUT2D eigenvalue weighted by molar-refractivity contribution is 0.702. The van der Waals surface area contributed by atoms with Crippen molar-refractivity contribution in [2.24, 2.45) is 19.1 Å². The van der Waals surface area contributed by atoms with Gasteiger partial charge in [0, 0.05) is 36.8 Å². The topological polar surface area (TPSA) is 84.9 Å². The molecule has 3 heterocycles. The van der Waals surface area contributed by atoms with Crippen LogP contribution in [-0.2, 0) is 46.4 Å². The third-order valence-corrected chi connectivity index (χ3v) is 6.20. The van der Waals surface area contributed by atoms with Crippen LogP contribution in [0.2, 0.25) is 0 Å². The predicted molar refractivity (Wildman–Crippen MR) is 137 cm³/mol. The van der Waals surface area contributed by atoms with Crippen LogP contribution in [0.15, 0.2) is 22.5 Å². The molecule has 0 radical (unpaired) electrons. The molecule has 3 aromatic rings. The number of aliphatic imine (C=N–C) groups is 1. The molecule has 8 nitrogen and oxygen atoms in total. The molecule has 0 aromatic carbocycles. The maximum atomic E-state index is 4.88. The Labute approximate surface area is 205 Å². The minimum atomic E-state index is 0. The van der Waals surface area contributed by atoms with Gasteiger partial charge in [0.15, 0.2) is 11.8 Å². The van der Waals surface area contributed by atoms with Gasteiger partial charge in [-0.05, 0) is 37.6 Å². The van der Waals surface area contributed by atoms with Gasteiger partial charge in [-0.1, -0.05) is 19.9 Å². The van der Waals surface area contributed by atoms with Crippen molar-refractivity contribution in [2.75, 3.05) is 6.54 Å². The fourth-order valence-electron chi connectivity index (χ4n) is 3.43. The van der Waals surface area contributed by atoms with Crippen LogP contribution in [0.3, 0.4) is 0 Å². The first kappa shape index (κ1) is 25.3. The fourth-order valence-corrected chi connectivity index (χ4v) is 4.14. The van der Waals surface area contributed by atoms with E-state index in [4.69, 9.17) is 4.99 Å². The summed E-state index contributed by atoms with van der Waals surface area (Å²) in [6.45, 7) is 8.25. The molecule has 0 aliphatic carbocycles. The molecule has 0 bridgehead atoms. The molecule has 0 spiro atoms. The molecular formula is C21H33IN8S. The number of aryl methyl sites for hydroxylation is 3. The highest BCUT2D eigenvalue weighted by Gasteiger charge is 2.14. The lowest BCUT2D eigenvalue weighted by Crippen LogP contribution is -2.38. The number of hydrogen-bond donors (Lipinski definition) is 2. The zero-order valence-corrected chi connectivity index (χ0v) is 22.1. The van der Waals surface area contributed by atoms with Crippen molar-refractivity contribution in [3.8, 4) is 0 Å². The Morgan fingerprint density at radius 1 is 1.16 bits per heavy atom. The quantitative estimate of drug-likeness (QED) is 0.241. The van der Waals surface area contributed by atoms with E-state index in [-0.39, 0.29) is 24.0 Å². The summed E-state index contributed by atoms with van der Waals surface area (Å²) in [4.78, 5) is 6.24. The van der Waals surface area contributed by atoms with Crippen molar-refractivity contribution in [2.45, 2.75) is 53.1 Å². The summed E-state index contributed by atoms with van der Waals surface area (Å²) in [6.07, 6.45) is 2.82. The molecular weight excluding hydrogens is 523 g/mol. The lowest BCUT2D eigenvalue weighted by Gasteiger charge is -2.13. The van der Waals surface area contributed by atoms with Crippen molar-refractivity contribution in [3.05, 3.63) is 51.0 Å². The molecule has 170 valence electrons. The van der Waals surface area contributed by atoms with E-state index in [0.29, 0.717) is 13.1 Å². The number of rotatable bonds is 9. The van der Waals surface area contributed by atoms with Crippen LogP contribution in [0.25, 0.3) is 0 Å². The van der Waals surface area contributed by atoms with Gasteiger partial charge in [0.05, 0.1) is 18.8 Å². The summed E-state index contributed by atoms with van der Waals surface area (Å²) in [5.41, 5.74) is 3.61. The highest BCUT2D eigenvalue weighted by Crippen LogP contribution is 2.16. The van der Waals surface area contributed by atoms with E-state index in [2.05, 4.69) is 57.3 Å². The van der Waals surface area contributed by atoms with Crippen LogP contribution in [0, 0.1) is 6.92 Å². The molecule has 0 aliphatic rings. The first-order valence-corrected chi connectivity index (χ1v) is 11.3. The number of thiophene rings is 1. The smallest absolute Gasteiger partial charge is 0.191 e. The number of aromatic nitrogens is 5. The normalized spacial score (nSPS) is 11.5. The van der Waals surface area contributed by atoms with E-state index >= 15 is 0 Å². The maximum Gasteiger partial charge on any atom is 0.191 e. The second kappa shape index (κ2) is 12.2. The number of nitrogens with zero attached hydrogens (tertiary/aromatic N) is 6. The second-order valence-corrected chi connectivity index (χ2v) is 8.23. The van der Waals surface area contributed by atoms with E-state index in [9.17, 15) is 0 Å². The van der Waals surface area contributed by atoms with Crippen LogP contribution < -0.4 is 10.6 Å². The van der Waals surface area contributed by atoms with Crippen molar-refractivity contribution in [1.29, 1.82) is 0 Å². The van der Waals surface area contributed by atoms with Gasteiger partial charge in [-0.25, -0.2) is 4.99 Å². The standard InChI is InChI=1S/C21H32N8S.HI/c1-6-18-17(19(7-2)29(5)27-18)13-23-21(22-11-10-16-9-8-12-30-16)24-14-20-26-25-15(3)28(20)4;/h8-9,12H,6-7,10-11,13-14H2,1-5H3,(H2,22,23,24);1H. The fraction of sp³-hybridized carbons (Fsp3) is 0.524. The number of nitrogens with one attached hydrogen (secondary N) is 2. The molecule has 3 rings (SSSR count). The molecule has 0 saturated heterocycles. The summed E-state index contributed by atoms with van der Waals surface area (Å²) < 4.78 is 3.98. The van der Waals surface area contributed by atoms with Crippen LogP contribution >= 0.6 is 35.3 Å². The number of guanidine groups is 1. The van der Waals surface area contributed by atoms with Crippen molar-refractivity contribution < 1.29 is 0 Å². The van der Waals surface area contributed by atoms with Gasteiger partial charge in [0.1, 0.15) is 5.82 Å². The third kappa shape index (κ3) is 6.52. The Hall–Kier alpha value is -1.95. The van der Waals surface area contributed by atoms with E-state index in [1.807, 2.05) is 30.3 Å². The minimum absolute atomic E-state index is 0. The van der Waals surface area contributed by atoms with Crippen molar-refractivity contribution in [3.63, 3.8) is 0 Å². The predicted octanol–water partition coefficient (Wildman–Crippen LogP) is 3.14. The first-order valence-electron chi connectivity index (χ1n) is 10.5.